The first-order valence-corrected chi connectivity index (χ1v) is 6.93. The van der Waals surface area contributed by atoms with E-state index in [0.29, 0.717) is 17.9 Å². The number of hydrogen-bond acceptors (Lipinski definition) is 3. The number of aromatic nitrogens is 2. The Labute approximate surface area is 123 Å². The van der Waals surface area contributed by atoms with Gasteiger partial charge in [0.15, 0.2) is 0 Å². The molecule has 2 aromatic rings. The van der Waals surface area contributed by atoms with Crippen molar-refractivity contribution in [1.29, 1.82) is 0 Å². The second kappa shape index (κ2) is 5.83. The standard InChI is InChI=1S/C16H17N3O2/c1-2-9-21-15-6-4-3-5-12(15)16(20)18-13-7-8-19-11-17-10-14(13)19/h2-6,10-11,13H,1,7-9H2,(H,18,20). The average Bonchev–Trinajstić information content (AvgIpc) is 3.10. The van der Waals surface area contributed by atoms with Crippen molar-refractivity contribution in [2.45, 2.75) is 19.0 Å². The van der Waals surface area contributed by atoms with Crippen LogP contribution in [0.25, 0.3) is 0 Å². The lowest BCUT2D eigenvalue weighted by Gasteiger charge is -2.14. The van der Waals surface area contributed by atoms with Crippen LogP contribution in [0.3, 0.4) is 0 Å². The Bertz CT molecular complexity index is 663. The normalized spacial score (nSPS) is 16.3. The molecule has 1 aliphatic heterocycles. The number of fused-ring (bicyclic) bond motifs is 1. The summed E-state index contributed by atoms with van der Waals surface area (Å²) in [5.41, 5.74) is 1.59. The third-order valence-corrected chi connectivity index (χ3v) is 3.55. The maximum Gasteiger partial charge on any atom is 0.255 e. The summed E-state index contributed by atoms with van der Waals surface area (Å²) in [6.45, 7) is 4.88. The molecule has 1 aromatic heterocycles. The van der Waals surface area contributed by atoms with Crippen LogP contribution in [0.4, 0.5) is 0 Å². The first-order chi connectivity index (χ1) is 10.3. The summed E-state index contributed by atoms with van der Waals surface area (Å²) in [5.74, 6) is 0.440. The van der Waals surface area contributed by atoms with Gasteiger partial charge in [0.25, 0.3) is 5.91 Å². The fourth-order valence-electron chi connectivity index (χ4n) is 2.53. The fraction of sp³-hybridized carbons (Fsp3) is 0.250. The Morgan fingerprint density at radius 1 is 1.52 bits per heavy atom. The topological polar surface area (TPSA) is 56.1 Å². The maximum absolute atomic E-state index is 12.5. The summed E-state index contributed by atoms with van der Waals surface area (Å²) in [5, 5.41) is 3.05. The summed E-state index contributed by atoms with van der Waals surface area (Å²) in [4.78, 5) is 16.6. The molecule has 1 unspecified atom stereocenters. The monoisotopic (exact) mass is 283 g/mol. The number of rotatable bonds is 5. The molecule has 1 N–H and O–H groups in total. The zero-order valence-corrected chi connectivity index (χ0v) is 11.7. The number of aryl methyl sites for hydroxylation is 1. The van der Waals surface area contributed by atoms with Crippen LogP contribution in [0.15, 0.2) is 49.4 Å². The van der Waals surface area contributed by atoms with E-state index in [1.165, 1.54) is 0 Å². The Balaban J connectivity index is 1.76. The summed E-state index contributed by atoms with van der Waals surface area (Å²) < 4.78 is 7.59. The predicted molar refractivity (Wildman–Crippen MR) is 79.2 cm³/mol. The van der Waals surface area contributed by atoms with Crippen LogP contribution in [0.5, 0.6) is 5.75 Å². The van der Waals surface area contributed by atoms with Crippen molar-refractivity contribution in [2.75, 3.05) is 6.61 Å². The van der Waals surface area contributed by atoms with Gasteiger partial charge in [0.1, 0.15) is 12.4 Å². The van der Waals surface area contributed by atoms with Gasteiger partial charge in [-0.15, -0.1) is 0 Å². The smallest absolute Gasteiger partial charge is 0.255 e. The van der Waals surface area contributed by atoms with Crippen molar-refractivity contribution < 1.29 is 9.53 Å². The molecule has 0 saturated carbocycles. The van der Waals surface area contributed by atoms with Crippen molar-refractivity contribution in [3.63, 3.8) is 0 Å². The zero-order chi connectivity index (χ0) is 14.7. The van der Waals surface area contributed by atoms with Crippen LogP contribution in [0, 0.1) is 0 Å². The van der Waals surface area contributed by atoms with Crippen molar-refractivity contribution in [2.24, 2.45) is 0 Å². The van der Waals surface area contributed by atoms with Crippen LogP contribution in [0.1, 0.15) is 28.5 Å². The SMILES string of the molecule is C=CCOc1ccccc1C(=O)NC1CCn2cncc21. The van der Waals surface area contributed by atoms with Gasteiger partial charge < -0.3 is 14.6 Å². The van der Waals surface area contributed by atoms with Gasteiger partial charge in [-0.3, -0.25) is 4.79 Å². The van der Waals surface area contributed by atoms with E-state index in [-0.39, 0.29) is 11.9 Å². The van der Waals surface area contributed by atoms with E-state index in [1.54, 1.807) is 30.7 Å². The summed E-state index contributed by atoms with van der Waals surface area (Å²) >= 11 is 0. The highest BCUT2D eigenvalue weighted by atomic mass is 16.5. The van der Waals surface area contributed by atoms with Crippen molar-refractivity contribution in [3.05, 3.63) is 60.7 Å². The van der Waals surface area contributed by atoms with Gasteiger partial charge in [-0.1, -0.05) is 24.8 Å². The number of ether oxygens (including phenoxy) is 1. The zero-order valence-electron chi connectivity index (χ0n) is 11.7. The molecule has 108 valence electrons. The molecule has 0 radical (unpaired) electrons. The quantitative estimate of drug-likeness (QED) is 0.857. The van der Waals surface area contributed by atoms with E-state index in [2.05, 4.69) is 21.4 Å². The number of carbonyl (C=O) groups excluding carboxylic acids is 1. The van der Waals surface area contributed by atoms with E-state index < -0.39 is 0 Å². The minimum absolute atomic E-state index is 0.00691. The Morgan fingerprint density at radius 3 is 3.24 bits per heavy atom. The van der Waals surface area contributed by atoms with E-state index in [9.17, 15) is 4.79 Å². The van der Waals surface area contributed by atoms with Crippen LogP contribution in [-0.4, -0.2) is 22.1 Å². The number of carbonyl (C=O) groups is 1. The molecule has 5 heteroatoms. The predicted octanol–water partition coefficient (Wildman–Crippen LogP) is 2.32. The minimum Gasteiger partial charge on any atom is -0.489 e. The molecule has 5 nitrogen and oxygen atoms in total. The third-order valence-electron chi connectivity index (χ3n) is 3.55. The van der Waals surface area contributed by atoms with Crippen LogP contribution >= 0.6 is 0 Å². The number of imidazole rings is 1. The molecule has 1 aromatic carbocycles. The molecule has 1 amide bonds. The highest BCUT2D eigenvalue weighted by molar-refractivity contribution is 5.97. The molecule has 0 fully saturated rings. The van der Waals surface area contributed by atoms with Crippen molar-refractivity contribution in [1.82, 2.24) is 14.9 Å². The third kappa shape index (κ3) is 2.67. The Kier molecular flexibility index (Phi) is 3.73. The lowest BCUT2D eigenvalue weighted by Crippen LogP contribution is -2.27. The van der Waals surface area contributed by atoms with Crippen LogP contribution in [-0.2, 0) is 6.54 Å². The molecular weight excluding hydrogens is 266 g/mol. The highest BCUT2D eigenvalue weighted by Gasteiger charge is 2.25. The average molecular weight is 283 g/mol. The number of nitrogens with zero attached hydrogens (tertiary/aromatic N) is 2. The van der Waals surface area contributed by atoms with Gasteiger partial charge in [0.05, 0.1) is 29.8 Å². The van der Waals surface area contributed by atoms with Gasteiger partial charge in [-0.25, -0.2) is 4.98 Å². The maximum atomic E-state index is 12.5. The molecule has 1 atom stereocenters. The van der Waals surface area contributed by atoms with Gasteiger partial charge in [-0.2, -0.15) is 0 Å². The van der Waals surface area contributed by atoms with Crippen molar-refractivity contribution >= 4 is 5.91 Å². The molecule has 0 aliphatic carbocycles. The molecule has 1 aliphatic rings. The molecule has 2 heterocycles. The number of benzene rings is 1. The summed E-state index contributed by atoms with van der Waals surface area (Å²) in [6.07, 6.45) is 6.14. The Morgan fingerprint density at radius 2 is 2.38 bits per heavy atom. The van der Waals surface area contributed by atoms with Crippen molar-refractivity contribution in [3.8, 4) is 5.75 Å². The molecule has 0 bridgehead atoms. The molecule has 3 rings (SSSR count). The fourth-order valence-corrected chi connectivity index (χ4v) is 2.53. The van der Waals surface area contributed by atoms with Gasteiger partial charge >= 0.3 is 0 Å². The first kappa shape index (κ1) is 13.4. The number of hydrogen-bond donors (Lipinski definition) is 1. The number of para-hydroxylation sites is 1. The second-order valence-electron chi connectivity index (χ2n) is 4.92. The first-order valence-electron chi connectivity index (χ1n) is 6.93. The molecular formula is C16H17N3O2. The van der Waals surface area contributed by atoms with E-state index in [4.69, 9.17) is 4.74 Å². The number of nitrogens with one attached hydrogen (secondary N) is 1. The minimum atomic E-state index is -0.130. The summed E-state index contributed by atoms with van der Waals surface area (Å²) in [7, 11) is 0. The summed E-state index contributed by atoms with van der Waals surface area (Å²) in [6, 6.07) is 7.23. The van der Waals surface area contributed by atoms with Crippen LogP contribution < -0.4 is 10.1 Å². The van der Waals surface area contributed by atoms with E-state index in [0.717, 1.165) is 18.7 Å². The lowest BCUT2D eigenvalue weighted by molar-refractivity contribution is 0.0933. The van der Waals surface area contributed by atoms with Gasteiger partial charge in [-0.05, 0) is 18.6 Å². The Hall–Kier alpha value is -2.56. The molecule has 0 spiro atoms. The lowest BCUT2D eigenvalue weighted by atomic mass is 10.1. The van der Waals surface area contributed by atoms with E-state index in [1.807, 2.05) is 12.1 Å². The number of amides is 1. The van der Waals surface area contributed by atoms with Crippen LogP contribution in [0.2, 0.25) is 0 Å². The molecule has 21 heavy (non-hydrogen) atoms. The van der Waals surface area contributed by atoms with Gasteiger partial charge in [0, 0.05) is 6.54 Å². The largest absolute Gasteiger partial charge is 0.489 e. The second-order valence-corrected chi connectivity index (χ2v) is 4.92. The van der Waals surface area contributed by atoms with E-state index >= 15 is 0 Å². The molecule has 0 saturated heterocycles. The van der Waals surface area contributed by atoms with Gasteiger partial charge in [0.2, 0.25) is 0 Å². The highest BCUT2D eigenvalue weighted by Crippen LogP contribution is 2.26.